The number of carbonyl (C=O) groups excluding carboxylic acids is 1. The number of nitrogens with one attached hydrogen (secondary N) is 1. The number of benzene rings is 1. The minimum atomic E-state index is -1.01. The van der Waals surface area contributed by atoms with Gasteiger partial charge in [-0.3, -0.25) is 4.79 Å². The van der Waals surface area contributed by atoms with E-state index in [4.69, 9.17) is 4.98 Å². The Labute approximate surface area is 192 Å². The van der Waals surface area contributed by atoms with E-state index in [1.165, 1.54) is 0 Å². The van der Waals surface area contributed by atoms with Crippen LogP contribution in [-0.4, -0.2) is 37.6 Å². The van der Waals surface area contributed by atoms with Gasteiger partial charge in [0.05, 0.1) is 22.2 Å². The zero-order valence-corrected chi connectivity index (χ0v) is 20.0. The van der Waals surface area contributed by atoms with Crippen molar-refractivity contribution in [2.75, 3.05) is 0 Å². The minimum Gasteiger partial charge on any atom is -0.480 e. The first-order valence-electron chi connectivity index (χ1n) is 11.3. The minimum absolute atomic E-state index is 0.211. The van der Waals surface area contributed by atoms with Crippen molar-refractivity contribution in [1.29, 1.82) is 0 Å². The number of carboxylic acids is 1. The maximum Gasteiger partial charge on any atom is 0.326 e. The van der Waals surface area contributed by atoms with E-state index >= 15 is 0 Å². The van der Waals surface area contributed by atoms with Crippen LogP contribution in [0.5, 0.6) is 0 Å². The molecule has 2 N–H and O–H groups in total. The van der Waals surface area contributed by atoms with Gasteiger partial charge in [-0.05, 0) is 43.4 Å². The standard InChI is InChI=1S/C24H32N4O3S/c1-5-15(4)10-20(24(30)31)27-23(29)16-8-9-21-19(11-16)26-22(12-17-13-32-14-25-17)28(21)18(6-2)7-3/h8-9,11,13-15,18,20H,5-7,10,12H2,1-4H3,(H,27,29)(H,30,31)/t15?,20-/m0/s1. The lowest BCUT2D eigenvalue weighted by Gasteiger charge is -2.19. The number of hydrogen-bond donors (Lipinski definition) is 2. The van der Waals surface area contributed by atoms with Gasteiger partial charge < -0.3 is 15.0 Å². The Hall–Kier alpha value is -2.74. The van der Waals surface area contributed by atoms with Crippen molar-refractivity contribution in [3.63, 3.8) is 0 Å². The van der Waals surface area contributed by atoms with Crippen molar-refractivity contribution in [3.8, 4) is 0 Å². The van der Waals surface area contributed by atoms with Crippen molar-refractivity contribution in [2.45, 2.75) is 71.9 Å². The molecule has 0 radical (unpaired) electrons. The SMILES string of the molecule is CCC(C)C[C@H](NC(=O)c1ccc2c(c1)nc(Cc1cscn1)n2C(CC)CC)C(=O)O. The molecule has 0 aliphatic carbocycles. The molecule has 3 aromatic rings. The average Bonchev–Trinajstić information content (AvgIpc) is 3.41. The quantitative estimate of drug-likeness (QED) is 0.420. The number of carbonyl (C=O) groups is 2. The highest BCUT2D eigenvalue weighted by molar-refractivity contribution is 7.07. The second kappa shape index (κ2) is 10.7. The highest BCUT2D eigenvalue weighted by Crippen LogP contribution is 2.28. The average molecular weight is 457 g/mol. The molecule has 0 saturated carbocycles. The molecule has 2 heterocycles. The fourth-order valence-electron chi connectivity index (χ4n) is 3.99. The number of carboxylic acid groups (broad SMARTS) is 1. The predicted molar refractivity (Wildman–Crippen MR) is 127 cm³/mol. The first-order valence-corrected chi connectivity index (χ1v) is 12.2. The molecule has 0 bridgehead atoms. The van der Waals surface area contributed by atoms with Gasteiger partial charge in [-0.1, -0.05) is 34.1 Å². The highest BCUT2D eigenvalue weighted by Gasteiger charge is 2.24. The van der Waals surface area contributed by atoms with Crippen LogP contribution >= 0.6 is 11.3 Å². The van der Waals surface area contributed by atoms with Crippen LogP contribution in [0.2, 0.25) is 0 Å². The summed E-state index contributed by atoms with van der Waals surface area (Å²) in [5.41, 5.74) is 4.94. The largest absolute Gasteiger partial charge is 0.480 e. The predicted octanol–water partition coefficient (Wildman–Crippen LogP) is 5.06. The van der Waals surface area contributed by atoms with Crippen molar-refractivity contribution in [1.82, 2.24) is 19.9 Å². The van der Waals surface area contributed by atoms with Gasteiger partial charge in [-0.2, -0.15) is 0 Å². The van der Waals surface area contributed by atoms with Crippen molar-refractivity contribution in [2.24, 2.45) is 5.92 Å². The number of nitrogens with zero attached hydrogens (tertiary/aromatic N) is 3. The first kappa shape index (κ1) is 23.9. The molecule has 1 aromatic carbocycles. The smallest absolute Gasteiger partial charge is 0.326 e. The zero-order chi connectivity index (χ0) is 23.3. The lowest BCUT2D eigenvalue weighted by Crippen LogP contribution is -2.41. The Kier molecular flexibility index (Phi) is 8.01. The Morgan fingerprint density at radius 1 is 1.19 bits per heavy atom. The summed E-state index contributed by atoms with van der Waals surface area (Å²) in [5.74, 6) is -0.260. The number of aromatic nitrogens is 3. The van der Waals surface area contributed by atoms with Crippen molar-refractivity contribution in [3.05, 3.63) is 46.2 Å². The molecule has 2 atom stereocenters. The Morgan fingerprint density at radius 2 is 1.94 bits per heavy atom. The molecule has 1 amide bonds. The molecule has 172 valence electrons. The van der Waals surface area contributed by atoms with Crippen LogP contribution in [0.1, 0.15) is 81.3 Å². The van der Waals surface area contributed by atoms with Crippen LogP contribution in [-0.2, 0) is 11.2 Å². The van der Waals surface area contributed by atoms with Crippen molar-refractivity contribution < 1.29 is 14.7 Å². The molecule has 7 nitrogen and oxygen atoms in total. The van der Waals surface area contributed by atoms with Gasteiger partial charge in [0.1, 0.15) is 11.9 Å². The number of imidazole rings is 1. The summed E-state index contributed by atoms with van der Waals surface area (Å²) in [4.78, 5) is 33.7. The number of hydrogen-bond acceptors (Lipinski definition) is 5. The Bertz CT molecular complexity index is 1060. The summed E-state index contributed by atoms with van der Waals surface area (Å²) in [6, 6.07) is 4.84. The number of thiazole rings is 1. The number of fused-ring (bicyclic) bond motifs is 1. The Morgan fingerprint density at radius 3 is 2.53 bits per heavy atom. The molecular weight excluding hydrogens is 424 g/mol. The van der Waals surface area contributed by atoms with Crippen LogP contribution in [0, 0.1) is 5.92 Å². The van der Waals surface area contributed by atoms with Gasteiger partial charge in [0.25, 0.3) is 5.91 Å². The monoisotopic (exact) mass is 456 g/mol. The lowest BCUT2D eigenvalue weighted by molar-refractivity contribution is -0.139. The molecule has 0 aliphatic rings. The highest BCUT2D eigenvalue weighted by atomic mass is 32.1. The molecule has 0 spiro atoms. The molecule has 8 heteroatoms. The number of amides is 1. The fourth-order valence-corrected chi connectivity index (χ4v) is 4.55. The molecule has 1 unspecified atom stereocenters. The van der Waals surface area contributed by atoms with E-state index < -0.39 is 12.0 Å². The van der Waals surface area contributed by atoms with Crippen LogP contribution < -0.4 is 5.32 Å². The maximum absolute atomic E-state index is 12.8. The van der Waals surface area contributed by atoms with E-state index in [2.05, 4.69) is 28.7 Å². The molecule has 3 rings (SSSR count). The third-order valence-electron chi connectivity index (χ3n) is 6.09. The number of rotatable bonds is 11. The summed E-state index contributed by atoms with van der Waals surface area (Å²) in [6.07, 6.45) is 3.85. The lowest BCUT2D eigenvalue weighted by atomic mass is 9.99. The number of aliphatic carboxylic acids is 1. The molecular formula is C24H32N4O3S. The van der Waals surface area contributed by atoms with Gasteiger partial charge in [0, 0.05) is 23.4 Å². The van der Waals surface area contributed by atoms with Gasteiger partial charge in [-0.25, -0.2) is 14.8 Å². The fraction of sp³-hybridized carbons (Fsp3) is 0.500. The molecule has 32 heavy (non-hydrogen) atoms. The molecule has 0 fully saturated rings. The van der Waals surface area contributed by atoms with Gasteiger partial charge in [0.2, 0.25) is 0 Å². The van der Waals surface area contributed by atoms with Crippen LogP contribution in [0.3, 0.4) is 0 Å². The van der Waals surface area contributed by atoms with E-state index in [9.17, 15) is 14.7 Å². The molecule has 0 saturated heterocycles. The summed E-state index contributed by atoms with van der Waals surface area (Å²) >= 11 is 1.56. The zero-order valence-electron chi connectivity index (χ0n) is 19.2. The summed E-state index contributed by atoms with van der Waals surface area (Å²) < 4.78 is 2.26. The van der Waals surface area contributed by atoms with E-state index in [-0.39, 0.29) is 11.8 Å². The third-order valence-corrected chi connectivity index (χ3v) is 6.73. The van der Waals surface area contributed by atoms with E-state index in [0.29, 0.717) is 24.4 Å². The van der Waals surface area contributed by atoms with Gasteiger partial charge in [0.15, 0.2) is 0 Å². The van der Waals surface area contributed by atoms with Gasteiger partial charge >= 0.3 is 5.97 Å². The topological polar surface area (TPSA) is 97.1 Å². The van der Waals surface area contributed by atoms with Crippen LogP contribution in [0.15, 0.2) is 29.1 Å². The van der Waals surface area contributed by atoms with Crippen LogP contribution in [0.25, 0.3) is 11.0 Å². The Balaban J connectivity index is 1.93. The van der Waals surface area contributed by atoms with E-state index in [1.54, 1.807) is 23.5 Å². The molecule has 2 aromatic heterocycles. The second-order valence-corrected chi connectivity index (χ2v) is 9.06. The molecule has 0 aliphatic heterocycles. The van der Waals surface area contributed by atoms with E-state index in [1.807, 2.05) is 30.8 Å². The summed E-state index contributed by atoms with van der Waals surface area (Å²) in [5, 5.41) is 14.2. The summed E-state index contributed by atoms with van der Waals surface area (Å²) in [7, 11) is 0. The van der Waals surface area contributed by atoms with Crippen LogP contribution in [0.4, 0.5) is 0 Å². The van der Waals surface area contributed by atoms with Crippen molar-refractivity contribution >= 4 is 34.2 Å². The second-order valence-electron chi connectivity index (χ2n) is 8.34. The normalized spacial score (nSPS) is 13.4. The summed E-state index contributed by atoms with van der Waals surface area (Å²) in [6.45, 7) is 8.33. The maximum atomic E-state index is 12.8. The third kappa shape index (κ3) is 5.35. The van der Waals surface area contributed by atoms with E-state index in [0.717, 1.165) is 41.8 Å². The van der Waals surface area contributed by atoms with Gasteiger partial charge in [-0.15, -0.1) is 11.3 Å². The first-order chi connectivity index (χ1) is 15.4.